The monoisotopic (exact) mass is 663 g/mol. The Kier molecular flexibility index (Phi) is 8.92. The van der Waals surface area contributed by atoms with E-state index in [1.165, 1.54) is 36.2 Å². The van der Waals surface area contributed by atoms with Crippen molar-refractivity contribution < 1.29 is 23.6 Å². The highest BCUT2D eigenvalue weighted by molar-refractivity contribution is 6.50. The fraction of sp³-hybridized carbons (Fsp3) is 0.406. The van der Waals surface area contributed by atoms with Gasteiger partial charge in [-0.25, -0.2) is 9.37 Å². The zero-order valence-corrected chi connectivity index (χ0v) is 27.0. The molecule has 3 amide bonds. The Morgan fingerprint density at radius 3 is 2.55 bits per heavy atom. The summed E-state index contributed by atoms with van der Waals surface area (Å²) in [4.78, 5) is 60.7. The van der Waals surface area contributed by atoms with Crippen molar-refractivity contribution in [3.8, 4) is 11.3 Å². The average molecular weight is 664 g/mol. The molecule has 3 fully saturated rings. The molecule has 0 spiro atoms. The molecule has 2 aromatic heterocycles. The van der Waals surface area contributed by atoms with Crippen LogP contribution >= 0.6 is 11.6 Å². The lowest BCUT2D eigenvalue weighted by Gasteiger charge is -2.45. The predicted molar refractivity (Wildman–Crippen MR) is 174 cm³/mol. The summed E-state index contributed by atoms with van der Waals surface area (Å²) in [5.41, 5.74) is -0.501. The number of pyridine rings is 1. The molecular weight excluding hydrogens is 629 g/mol. The summed E-state index contributed by atoms with van der Waals surface area (Å²) >= 11 is 6.13. The number of amides is 3. The van der Waals surface area contributed by atoms with E-state index in [9.17, 15) is 23.6 Å². The third-order valence-electron chi connectivity index (χ3n) is 9.16. The van der Waals surface area contributed by atoms with Gasteiger partial charge in [0.05, 0.1) is 11.4 Å². The summed E-state index contributed by atoms with van der Waals surface area (Å²) in [5.74, 6) is -2.72. The zero-order chi connectivity index (χ0) is 33.5. The number of halogens is 2. The molecule has 6 rings (SSSR count). The number of Topliss-reactive ketones (excluding diaryl/α,β-unsaturated/α-hetero) is 1. The molecule has 246 valence electrons. The lowest BCUT2D eigenvalue weighted by molar-refractivity contribution is -0.139. The predicted octanol–water partition coefficient (Wildman–Crippen LogP) is 2.71. The van der Waals surface area contributed by atoms with Crippen molar-refractivity contribution in [2.45, 2.75) is 25.8 Å². The van der Waals surface area contributed by atoms with Gasteiger partial charge in [0.1, 0.15) is 17.1 Å². The summed E-state index contributed by atoms with van der Waals surface area (Å²) in [5, 5.41) is 17.0. The number of nitrogens with one attached hydrogen (secondary N) is 3. The van der Waals surface area contributed by atoms with E-state index in [1.54, 1.807) is 25.2 Å². The van der Waals surface area contributed by atoms with Gasteiger partial charge in [0.25, 0.3) is 5.91 Å². The van der Waals surface area contributed by atoms with Crippen LogP contribution in [0, 0.1) is 17.2 Å². The second kappa shape index (κ2) is 12.9. The number of anilines is 4. The molecule has 15 heteroatoms. The average Bonchev–Trinajstić information content (AvgIpc) is 3.20. The normalized spacial score (nSPS) is 23.3. The highest BCUT2D eigenvalue weighted by Gasteiger charge is 2.52. The highest BCUT2D eigenvalue weighted by atomic mass is 35.5. The molecule has 1 atom stereocenters. The molecule has 3 N–H and O–H groups in total. The minimum absolute atomic E-state index is 0.0907. The first kappa shape index (κ1) is 32.4. The third-order valence-corrected chi connectivity index (χ3v) is 9.39. The maximum atomic E-state index is 14.8. The number of aromatic nitrogens is 3. The second-order valence-corrected chi connectivity index (χ2v) is 13.0. The molecule has 3 aromatic rings. The lowest BCUT2D eigenvalue weighted by Crippen LogP contribution is -2.54. The van der Waals surface area contributed by atoms with E-state index >= 15 is 0 Å². The van der Waals surface area contributed by atoms with Crippen LogP contribution in [0.4, 0.5) is 27.4 Å². The number of carbonyl (C=O) groups is 4. The second-order valence-electron chi connectivity index (χ2n) is 12.6. The van der Waals surface area contributed by atoms with Gasteiger partial charge in [-0.15, -0.1) is 10.2 Å². The van der Waals surface area contributed by atoms with Crippen molar-refractivity contribution in [2.24, 2.45) is 11.3 Å². The van der Waals surface area contributed by atoms with E-state index in [2.05, 4.69) is 48.0 Å². The molecule has 0 radical (unpaired) electrons. The van der Waals surface area contributed by atoms with Gasteiger partial charge in [0.2, 0.25) is 17.6 Å². The van der Waals surface area contributed by atoms with Crippen LogP contribution in [0.3, 0.4) is 0 Å². The van der Waals surface area contributed by atoms with Crippen LogP contribution in [-0.2, 0) is 19.2 Å². The van der Waals surface area contributed by atoms with E-state index in [-0.39, 0.29) is 35.4 Å². The SMILES string of the molecule is CN1CCN(C2CC(C(=O)Nc3cc(Nc4cc(-c5cc(Cl)ccc5F)nnc4N(C)CC4(C)C(=O)NC(=O)C4=O)ccn3)C2)CC1. The number of hydrogen-bond donors (Lipinski definition) is 3. The molecule has 2 aliphatic heterocycles. The summed E-state index contributed by atoms with van der Waals surface area (Å²) in [6.45, 7) is 5.28. The molecule has 1 aliphatic carbocycles. The Labute approximate surface area is 275 Å². The number of piperazine rings is 1. The fourth-order valence-electron chi connectivity index (χ4n) is 6.18. The van der Waals surface area contributed by atoms with Crippen LogP contribution in [0.25, 0.3) is 11.3 Å². The number of ketones is 1. The number of carbonyl (C=O) groups excluding carboxylic acids is 4. The standard InChI is InChI=1S/C32H35ClFN9O4/c1-32(27(44)30(46)38-31(32)47)17-42(3)28-25(16-24(39-40-28)22-14-19(33)4-5-23(22)34)36-20-6-7-35-26(15-20)37-29(45)18-12-21(13-18)43-10-8-41(2)9-11-43/h4-7,14-16,18,21H,8-13,17H2,1-3H3,(H,38,46,47)(H2,35,36,37,39,45). The highest BCUT2D eigenvalue weighted by Crippen LogP contribution is 2.36. The van der Waals surface area contributed by atoms with Crippen LogP contribution in [-0.4, -0.2) is 101 Å². The third kappa shape index (κ3) is 6.66. The Morgan fingerprint density at radius 1 is 1.11 bits per heavy atom. The van der Waals surface area contributed by atoms with Crippen LogP contribution in [0.1, 0.15) is 19.8 Å². The van der Waals surface area contributed by atoms with Crippen molar-refractivity contribution in [1.29, 1.82) is 0 Å². The number of nitrogens with zero attached hydrogens (tertiary/aromatic N) is 6. The van der Waals surface area contributed by atoms with Crippen LogP contribution in [0.15, 0.2) is 42.6 Å². The first-order valence-electron chi connectivity index (χ1n) is 15.3. The number of hydrogen-bond acceptors (Lipinski definition) is 11. The summed E-state index contributed by atoms with van der Waals surface area (Å²) in [6, 6.07) is 9.39. The van der Waals surface area contributed by atoms with E-state index < -0.39 is 28.8 Å². The molecule has 13 nitrogen and oxygen atoms in total. The molecule has 2 saturated heterocycles. The number of benzene rings is 1. The fourth-order valence-corrected chi connectivity index (χ4v) is 6.35. The molecule has 1 saturated carbocycles. The van der Waals surface area contributed by atoms with Gasteiger partial charge in [0, 0.05) is 80.3 Å². The first-order chi connectivity index (χ1) is 22.4. The van der Waals surface area contributed by atoms with Gasteiger partial charge in [-0.05, 0) is 57.1 Å². The summed E-state index contributed by atoms with van der Waals surface area (Å²) in [6.07, 6.45) is 3.15. The van der Waals surface area contributed by atoms with Gasteiger partial charge in [0.15, 0.2) is 5.82 Å². The van der Waals surface area contributed by atoms with Gasteiger partial charge >= 0.3 is 0 Å². The molecule has 3 aliphatic rings. The molecule has 47 heavy (non-hydrogen) atoms. The van der Waals surface area contributed by atoms with Crippen molar-refractivity contribution >= 4 is 58.1 Å². The Balaban J connectivity index is 1.22. The Hall–Kier alpha value is -4.53. The Morgan fingerprint density at radius 2 is 1.85 bits per heavy atom. The number of imide groups is 1. The summed E-state index contributed by atoms with van der Waals surface area (Å²) < 4.78 is 14.8. The van der Waals surface area contributed by atoms with E-state index in [0.717, 1.165) is 39.0 Å². The van der Waals surface area contributed by atoms with Crippen molar-refractivity contribution in [3.05, 3.63) is 53.4 Å². The minimum atomic E-state index is -1.65. The minimum Gasteiger partial charge on any atom is -0.355 e. The van der Waals surface area contributed by atoms with Crippen molar-refractivity contribution in [3.63, 3.8) is 0 Å². The molecule has 1 unspecified atom stereocenters. The first-order valence-corrected chi connectivity index (χ1v) is 15.7. The molecule has 4 heterocycles. The van der Waals surface area contributed by atoms with Crippen molar-refractivity contribution in [2.75, 3.05) is 62.4 Å². The van der Waals surface area contributed by atoms with Crippen LogP contribution in [0.2, 0.25) is 5.02 Å². The van der Waals surface area contributed by atoms with Gasteiger partial charge in [-0.2, -0.15) is 0 Å². The number of rotatable bonds is 9. The molecule has 1 aromatic carbocycles. The van der Waals surface area contributed by atoms with Crippen LogP contribution in [0.5, 0.6) is 0 Å². The quantitative estimate of drug-likeness (QED) is 0.176. The largest absolute Gasteiger partial charge is 0.355 e. The smallest absolute Gasteiger partial charge is 0.295 e. The maximum Gasteiger partial charge on any atom is 0.295 e. The van der Waals surface area contributed by atoms with E-state index in [0.29, 0.717) is 28.3 Å². The lowest BCUT2D eigenvalue weighted by atomic mass is 9.78. The Bertz CT molecular complexity index is 1750. The van der Waals surface area contributed by atoms with Crippen molar-refractivity contribution in [1.82, 2.24) is 30.3 Å². The molecule has 0 bridgehead atoms. The van der Waals surface area contributed by atoms with Gasteiger partial charge in [-0.1, -0.05) is 11.6 Å². The van der Waals surface area contributed by atoms with E-state index in [1.807, 2.05) is 0 Å². The summed E-state index contributed by atoms with van der Waals surface area (Å²) in [7, 11) is 3.71. The molecular formula is C32H35ClFN9O4. The zero-order valence-electron chi connectivity index (χ0n) is 26.2. The van der Waals surface area contributed by atoms with Gasteiger partial charge < -0.3 is 20.4 Å². The van der Waals surface area contributed by atoms with E-state index in [4.69, 9.17) is 11.6 Å². The number of likely N-dealkylation sites (N-methyl/N-ethyl adjacent to an activating group) is 1. The maximum absolute atomic E-state index is 14.8. The van der Waals surface area contributed by atoms with Gasteiger partial charge in [-0.3, -0.25) is 29.4 Å². The topological polar surface area (TPSA) is 153 Å². The van der Waals surface area contributed by atoms with Crippen LogP contribution < -0.4 is 20.9 Å².